The molecule has 0 atom stereocenters. The molecular weight excluding hydrogens is 291 g/mol. The van der Waals surface area contributed by atoms with Gasteiger partial charge in [0.05, 0.1) is 5.56 Å². The third kappa shape index (κ3) is 3.97. The van der Waals surface area contributed by atoms with Crippen molar-refractivity contribution in [1.82, 2.24) is 0 Å². The molecule has 1 N–H and O–H groups in total. The third-order valence-corrected chi connectivity index (χ3v) is 3.09. The van der Waals surface area contributed by atoms with Crippen molar-refractivity contribution in [2.24, 2.45) is 0 Å². The number of alkyl halides is 3. The van der Waals surface area contributed by atoms with Gasteiger partial charge in [-0.3, -0.25) is 4.79 Å². The highest BCUT2D eigenvalue weighted by molar-refractivity contribution is 5.87. The minimum atomic E-state index is -4.38. The number of aryl methyl sites for hydroxylation is 1. The summed E-state index contributed by atoms with van der Waals surface area (Å²) in [4.78, 5) is 10.8. The lowest BCUT2D eigenvalue weighted by Crippen LogP contribution is -2.05. The van der Waals surface area contributed by atoms with Crippen LogP contribution in [-0.2, 0) is 11.0 Å². The molecule has 0 radical (unpaired) electrons. The van der Waals surface area contributed by atoms with E-state index >= 15 is 0 Å². The largest absolute Gasteiger partial charge is 0.416 e. The summed E-state index contributed by atoms with van der Waals surface area (Å²) in [7, 11) is 0. The van der Waals surface area contributed by atoms with Crippen molar-refractivity contribution in [1.29, 1.82) is 0 Å². The highest BCUT2D eigenvalue weighted by Gasteiger charge is 2.30. The van der Waals surface area contributed by atoms with E-state index in [-0.39, 0.29) is 0 Å². The summed E-state index contributed by atoms with van der Waals surface area (Å²) in [5.41, 5.74) is 2.05. The Kier molecular flexibility index (Phi) is 4.65. The van der Waals surface area contributed by atoms with E-state index in [2.05, 4.69) is 5.32 Å². The number of carbonyl (C=O) groups excluding carboxylic acids is 1. The highest BCUT2D eigenvalue weighted by atomic mass is 19.4. The Morgan fingerprint density at radius 1 is 1.00 bits per heavy atom. The molecule has 0 saturated carbocycles. The van der Waals surface area contributed by atoms with Gasteiger partial charge in [0, 0.05) is 17.5 Å². The summed E-state index contributed by atoms with van der Waals surface area (Å²) in [5.74, 6) is 0. The molecule has 0 amide bonds. The summed E-state index contributed by atoms with van der Waals surface area (Å²) in [6, 6.07) is 12.1. The average Bonchev–Trinajstić information content (AvgIpc) is 2.48. The number of hydrogen-bond acceptors (Lipinski definition) is 2. The van der Waals surface area contributed by atoms with Gasteiger partial charge in [-0.2, -0.15) is 13.2 Å². The van der Waals surface area contributed by atoms with Crippen LogP contribution in [0.4, 0.5) is 18.9 Å². The zero-order valence-corrected chi connectivity index (χ0v) is 11.8. The van der Waals surface area contributed by atoms with Gasteiger partial charge in [0.15, 0.2) is 0 Å². The van der Waals surface area contributed by atoms with Gasteiger partial charge in [0.2, 0.25) is 0 Å². The molecule has 0 aliphatic heterocycles. The minimum Gasteiger partial charge on any atom is -0.355 e. The third-order valence-electron chi connectivity index (χ3n) is 3.09. The van der Waals surface area contributed by atoms with Crippen LogP contribution >= 0.6 is 0 Å². The number of allylic oxidation sites excluding steroid dienone is 1. The number of nitrogens with one attached hydrogen (secondary N) is 1. The van der Waals surface area contributed by atoms with Crippen LogP contribution in [0.5, 0.6) is 0 Å². The fourth-order valence-electron chi connectivity index (χ4n) is 1.91. The molecule has 0 spiro atoms. The maximum Gasteiger partial charge on any atom is 0.416 e. The fourth-order valence-corrected chi connectivity index (χ4v) is 1.91. The molecule has 2 aromatic carbocycles. The topological polar surface area (TPSA) is 29.1 Å². The van der Waals surface area contributed by atoms with Crippen molar-refractivity contribution >= 4 is 17.7 Å². The normalized spacial score (nSPS) is 12.1. The number of aldehydes is 1. The molecule has 114 valence electrons. The minimum absolute atomic E-state index is 0.438. The summed E-state index contributed by atoms with van der Waals surface area (Å²) in [6.45, 7) is 1.95. The summed E-state index contributed by atoms with van der Waals surface area (Å²) < 4.78 is 37.7. The second kappa shape index (κ2) is 6.47. The molecule has 2 nitrogen and oxygen atoms in total. The van der Waals surface area contributed by atoms with Crippen LogP contribution in [0.2, 0.25) is 0 Å². The molecule has 22 heavy (non-hydrogen) atoms. The zero-order chi connectivity index (χ0) is 16.2. The summed E-state index contributed by atoms with van der Waals surface area (Å²) in [5, 5.41) is 3.03. The lowest BCUT2D eigenvalue weighted by atomic mass is 10.1. The molecule has 2 aromatic rings. The van der Waals surface area contributed by atoms with E-state index in [1.807, 2.05) is 31.2 Å². The predicted molar refractivity (Wildman–Crippen MR) is 80.3 cm³/mol. The maximum absolute atomic E-state index is 12.6. The second-order valence-corrected chi connectivity index (χ2v) is 4.78. The monoisotopic (exact) mass is 305 g/mol. The molecule has 0 aromatic heterocycles. The lowest BCUT2D eigenvalue weighted by molar-refractivity contribution is -0.137. The van der Waals surface area contributed by atoms with Crippen LogP contribution in [0.3, 0.4) is 0 Å². The first kappa shape index (κ1) is 15.8. The first-order chi connectivity index (χ1) is 10.4. The summed E-state index contributed by atoms with van der Waals surface area (Å²) in [6.07, 6.45) is -2.51. The molecule has 0 aliphatic carbocycles. The van der Waals surface area contributed by atoms with Gasteiger partial charge in [-0.25, -0.2) is 0 Å². The predicted octanol–water partition coefficient (Wildman–Crippen LogP) is 4.67. The molecule has 0 heterocycles. The van der Waals surface area contributed by atoms with E-state index in [1.165, 1.54) is 18.2 Å². The highest BCUT2D eigenvalue weighted by Crippen LogP contribution is 2.30. The van der Waals surface area contributed by atoms with E-state index in [4.69, 9.17) is 0 Å². The molecule has 0 fully saturated rings. The number of carbonyl (C=O) groups is 1. The van der Waals surface area contributed by atoms with Crippen molar-refractivity contribution in [2.75, 3.05) is 5.32 Å². The molecule has 2 rings (SSSR count). The van der Waals surface area contributed by atoms with Crippen LogP contribution in [0.25, 0.3) is 5.70 Å². The Morgan fingerprint density at radius 3 is 2.09 bits per heavy atom. The Labute approximate surface area is 126 Å². The fraction of sp³-hybridized carbons (Fsp3) is 0.118. The summed E-state index contributed by atoms with van der Waals surface area (Å²) >= 11 is 0. The number of halogens is 3. The van der Waals surface area contributed by atoms with Crippen LogP contribution in [-0.4, -0.2) is 6.29 Å². The number of rotatable bonds is 4. The smallest absolute Gasteiger partial charge is 0.355 e. The zero-order valence-electron chi connectivity index (χ0n) is 11.8. The van der Waals surface area contributed by atoms with Crippen molar-refractivity contribution in [3.8, 4) is 0 Å². The molecule has 5 heteroatoms. The van der Waals surface area contributed by atoms with Crippen molar-refractivity contribution in [3.63, 3.8) is 0 Å². The molecule has 0 bridgehead atoms. The van der Waals surface area contributed by atoms with Gasteiger partial charge in [-0.15, -0.1) is 0 Å². The van der Waals surface area contributed by atoms with Crippen LogP contribution in [0, 0.1) is 6.92 Å². The van der Waals surface area contributed by atoms with Gasteiger partial charge in [-0.1, -0.05) is 29.8 Å². The molecule has 0 saturated heterocycles. The van der Waals surface area contributed by atoms with E-state index in [0.717, 1.165) is 23.4 Å². The Hall–Kier alpha value is -2.56. The average molecular weight is 305 g/mol. The van der Waals surface area contributed by atoms with Crippen LogP contribution < -0.4 is 5.32 Å². The Balaban J connectivity index is 2.27. The molecule has 0 aliphatic rings. The van der Waals surface area contributed by atoms with E-state index in [9.17, 15) is 18.0 Å². The van der Waals surface area contributed by atoms with Crippen molar-refractivity contribution < 1.29 is 18.0 Å². The van der Waals surface area contributed by atoms with E-state index in [1.54, 1.807) is 0 Å². The molecular formula is C17H14F3NO. The SMILES string of the molecule is Cc1ccc(NC(=CC=O)c2ccc(C(F)(F)F)cc2)cc1. The number of hydrogen-bond donors (Lipinski definition) is 1. The van der Waals surface area contributed by atoms with Crippen molar-refractivity contribution in [2.45, 2.75) is 13.1 Å². The van der Waals surface area contributed by atoms with Crippen molar-refractivity contribution in [3.05, 3.63) is 71.3 Å². The standard InChI is InChI=1S/C17H14F3NO/c1-12-2-8-15(9-3-12)21-16(10-11-22)13-4-6-14(7-5-13)17(18,19)20/h2-11,21H,1H3. The molecule has 0 unspecified atom stereocenters. The Bertz CT molecular complexity index is 671. The number of anilines is 1. The van der Waals surface area contributed by atoms with Crippen LogP contribution in [0.15, 0.2) is 54.6 Å². The van der Waals surface area contributed by atoms with Crippen LogP contribution in [0.1, 0.15) is 16.7 Å². The second-order valence-electron chi connectivity index (χ2n) is 4.78. The van der Waals surface area contributed by atoms with Gasteiger partial charge < -0.3 is 5.32 Å². The Morgan fingerprint density at radius 2 is 1.59 bits per heavy atom. The van der Waals surface area contributed by atoms with Gasteiger partial charge in [-0.05, 0) is 36.8 Å². The number of benzene rings is 2. The first-order valence-corrected chi connectivity index (χ1v) is 6.57. The lowest BCUT2D eigenvalue weighted by Gasteiger charge is -2.12. The van der Waals surface area contributed by atoms with E-state index < -0.39 is 11.7 Å². The van der Waals surface area contributed by atoms with Gasteiger partial charge in [0.1, 0.15) is 6.29 Å². The van der Waals surface area contributed by atoms with Gasteiger partial charge in [0.25, 0.3) is 0 Å². The maximum atomic E-state index is 12.6. The first-order valence-electron chi connectivity index (χ1n) is 6.57. The van der Waals surface area contributed by atoms with Gasteiger partial charge >= 0.3 is 6.18 Å². The van der Waals surface area contributed by atoms with E-state index in [0.29, 0.717) is 17.5 Å². The quantitative estimate of drug-likeness (QED) is 0.657.